The molecule has 1 saturated heterocycles. The lowest BCUT2D eigenvalue weighted by Crippen LogP contribution is -2.43. The average Bonchev–Trinajstić information content (AvgIpc) is 3.28. The topological polar surface area (TPSA) is 78.2 Å². The molecule has 2 N–H and O–H groups in total. The van der Waals surface area contributed by atoms with Gasteiger partial charge >= 0.3 is 0 Å². The minimum Gasteiger partial charge on any atom is -0.393 e. The summed E-state index contributed by atoms with van der Waals surface area (Å²) in [5.41, 5.74) is 5.94. The Bertz CT molecular complexity index is 1150. The number of aromatic nitrogens is 3. The number of nitrogens with one attached hydrogen (secondary N) is 1. The van der Waals surface area contributed by atoms with Gasteiger partial charge in [-0.2, -0.15) is 0 Å². The number of likely N-dealkylation sites (N-methyl/N-ethyl adjacent to an activating group) is 1. The number of hydrogen-bond donors (Lipinski definition) is 2. The van der Waals surface area contributed by atoms with Crippen molar-refractivity contribution < 1.29 is 9.84 Å². The Morgan fingerprint density at radius 1 is 1.08 bits per heavy atom. The SMILES string of the molecule is CCOC[C@H](C)Nc1ncc2c(-c3ccc(CN4CCN(C)CC4)cc3)cc(C3CCC(O)CC3)n2n1. The fourth-order valence-electron chi connectivity index (χ4n) is 5.59. The third-order valence-electron chi connectivity index (χ3n) is 7.87. The van der Waals surface area contributed by atoms with E-state index in [0.29, 0.717) is 25.1 Å². The largest absolute Gasteiger partial charge is 0.393 e. The predicted octanol–water partition coefficient (Wildman–Crippen LogP) is 4.00. The molecule has 0 radical (unpaired) electrons. The van der Waals surface area contributed by atoms with E-state index in [1.807, 2.05) is 13.1 Å². The maximum atomic E-state index is 10.1. The van der Waals surface area contributed by atoms with Crippen molar-refractivity contribution >= 4 is 11.5 Å². The summed E-state index contributed by atoms with van der Waals surface area (Å²) in [5, 5.41) is 18.4. The van der Waals surface area contributed by atoms with Crippen LogP contribution in [0.3, 0.4) is 0 Å². The highest BCUT2D eigenvalue weighted by molar-refractivity contribution is 5.81. The van der Waals surface area contributed by atoms with Gasteiger partial charge < -0.3 is 20.1 Å². The number of rotatable bonds is 9. The first kappa shape index (κ1) is 26.1. The zero-order valence-electron chi connectivity index (χ0n) is 22.6. The van der Waals surface area contributed by atoms with Crippen molar-refractivity contribution in [1.82, 2.24) is 24.4 Å². The van der Waals surface area contributed by atoms with Crippen LogP contribution in [0.4, 0.5) is 5.95 Å². The van der Waals surface area contributed by atoms with E-state index in [1.165, 1.54) is 22.4 Å². The number of anilines is 1. The van der Waals surface area contributed by atoms with E-state index in [1.54, 1.807) is 0 Å². The van der Waals surface area contributed by atoms with Gasteiger partial charge in [0, 0.05) is 62.5 Å². The smallest absolute Gasteiger partial charge is 0.241 e. The molecule has 3 heterocycles. The summed E-state index contributed by atoms with van der Waals surface area (Å²) in [7, 11) is 2.20. The van der Waals surface area contributed by atoms with Gasteiger partial charge in [-0.3, -0.25) is 4.90 Å². The minimum absolute atomic E-state index is 0.119. The third-order valence-corrected chi connectivity index (χ3v) is 7.87. The summed E-state index contributed by atoms with van der Waals surface area (Å²) < 4.78 is 7.64. The quantitative estimate of drug-likeness (QED) is 0.454. The highest BCUT2D eigenvalue weighted by Gasteiger charge is 2.26. The van der Waals surface area contributed by atoms with Crippen LogP contribution in [0.2, 0.25) is 0 Å². The molecule has 2 aromatic heterocycles. The number of ether oxygens (including phenoxy) is 1. The predicted molar refractivity (Wildman–Crippen MR) is 148 cm³/mol. The van der Waals surface area contributed by atoms with E-state index in [4.69, 9.17) is 9.84 Å². The van der Waals surface area contributed by atoms with E-state index < -0.39 is 0 Å². The van der Waals surface area contributed by atoms with Gasteiger partial charge in [0.15, 0.2) is 0 Å². The first-order chi connectivity index (χ1) is 18.0. The Labute approximate surface area is 220 Å². The van der Waals surface area contributed by atoms with Gasteiger partial charge in [-0.15, -0.1) is 5.10 Å². The summed E-state index contributed by atoms with van der Waals surface area (Å²) in [4.78, 5) is 9.59. The van der Waals surface area contributed by atoms with Crippen molar-refractivity contribution in [1.29, 1.82) is 0 Å². The summed E-state index contributed by atoms with van der Waals surface area (Å²) in [5.74, 6) is 0.992. The van der Waals surface area contributed by atoms with Gasteiger partial charge in [-0.1, -0.05) is 24.3 Å². The van der Waals surface area contributed by atoms with Gasteiger partial charge in [-0.25, -0.2) is 9.50 Å². The number of fused-ring (bicyclic) bond motifs is 1. The van der Waals surface area contributed by atoms with Crippen LogP contribution in [-0.4, -0.2) is 88.1 Å². The van der Waals surface area contributed by atoms with Crippen molar-refractivity contribution in [3.63, 3.8) is 0 Å². The van der Waals surface area contributed by atoms with Crippen LogP contribution < -0.4 is 5.32 Å². The molecule has 0 spiro atoms. The molecule has 1 aliphatic heterocycles. The second-order valence-corrected chi connectivity index (χ2v) is 10.8. The summed E-state index contributed by atoms with van der Waals surface area (Å²) in [6.45, 7) is 10.9. The average molecular weight is 507 g/mol. The summed E-state index contributed by atoms with van der Waals surface area (Å²) >= 11 is 0. The first-order valence-corrected chi connectivity index (χ1v) is 13.9. The lowest BCUT2D eigenvalue weighted by Gasteiger charge is -2.32. The zero-order chi connectivity index (χ0) is 25.8. The minimum atomic E-state index is -0.180. The van der Waals surface area contributed by atoms with E-state index >= 15 is 0 Å². The van der Waals surface area contributed by atoms with Crippen LogP contribution in [0, 0.1) is 0 Å². The summed E-state index contributed by atoms with van der Waals surface area (Å²) in [6.07, 6.45) is 5.40. The number of benzene rings is 1. The zero-order valence-corrected chi connectivity index (χ0v) is 22.6. The molecule has 2 fully saturated rings. The van der Waals surface area contributed by atoms with Crippen LogP contribution in [-0.2, 0) is 11.3 Å². The van der Waals surface area contributed by atoms with Gasteiger partial charge in [0.05, 0.1) is 24.4 Å². The number of hydrogen-bond acceptors (Lipinski definition) is 7. The molecular formula is C29H42N6O2. The first-order valence-electron chi connectivity index (χ1n) is 13.9. The van der Waals surface area contributed by atoms with Crippen molar-refractivity contribution in [2.75, 3.05) is 51.8 Å². The molecule has 8 nitrogen and oxygen atoms in total. The molecule has 0 unspecified atom stereocenters. The highest BCUT2D eigenvalue weighted by Crippen LogP contribution is 2.37. The standard InChI is InChI=1S/C29H42N6O2/c1-4-37-20-21(2)31-29-30-18-28-26(17-27(35(28)32-29)24-9-11-25(36)12-10-24)23-7-5-22(6-8-23)19-34-15-13-33(3)14-16-34/h5-8,17-18,21,24-25,36H,4,9-16,19-20H2,1-3H3,(H,31,32)/t21-,24?,25?/m0/s1. The maximum Gasteiger partial charge on any atom is 0.241 e. The molecule has 2 aliphatic rings. The fourth-order valence-corrected chi connectivity index (χ4v) is 5.59. The second kappa shape index (κ2) is 11.9. The molecule has 3 aromatic rings. The molecule has 1 aromatic carbocycles. The van der Waals surface area contributed by atoms with Crippen LogP contribution in [0.1, 0.15) is 56.7 Å². The van der Waals surface area contributed by atoms with Crippen LogP contribution in [0.15, 0.2) is 36.5 Å². The Hall–Kier alpha value is -2.52. The maximum absolute atomic E-state index is 10.1. The highest BCUT2D eigenvalue weighted by atomic mass is 16.5. The Morgan fingerprint density at radius 3 is 2.51 bits per heavy atom. The summed E-state index contributed by atoms with van der Waals surface area (Å²) in [6, 6.07) is 11.4. The molecule has 1 aliphatic carbocycles. The normalized spacial score (nSPS) is 22.4. The molecule has 0 amide bonds. The van der Waals surface area contributed by atoms with E-state index in [-0.39, 0.29) is 12.1 Å². The number of piperazine rings is 1. The molecule has 1 atom stereocenters. The van der Waals surface area contributed by atoms with Gasteiger partial charge in [0.2, 0.25) is 5.95 Å². The molecular weight excluding hydrogens is 464 g/mol. The Balaban J connectivity index is 1.41. The second-order valence-electron chi connectivity index (χ2n) is 10.8. The van der Waals surface area contributed by atoms with Crippen molar-refractivity contribution in [3.8, 4) is 11.1 Å². The van der Waals surface area contributed by atoms with Crippen molar-refractivity contribution in [2.45, 2.75) is 64.1 Å². The van der Waals surface area contributed by atoms with Gasteiger partial charge in [0.25, 0.3) is 0 Å². The van der Waals surface area contributed by atoms with E-state index in [0.717, 1.165) is 63.9 Å². The lowest BCUT2D eigenvalue weighted by molar-refractivity contribution is 0.121. The van der Waals surface area contributed by atoms with Crippen LogP contribution in [0.25, 0.3) is 16.6 Å². The Kier molecular flexibility index (Phi) is 8.39. The lowest BCUT2D eigenvalue weighted by atomic mass is 9.85. The van der Waals surface area contributed by atoms with Gasteiger partial charge in [0.1, 0.15) is 0 Å². The monoisotopic (exact) mass is 506 g/mol. The van der Waals surface area contributed by atoms with Crippen LogP contribution >= 0.6 is 0 Å². The van der Waals surface area contributed by atoms with Gasteiger partial charge in [-0.05, 0) is 63.8 Å². The fraction of sp³-hybridized carbons (Fsp3) is 0.586. The molecule has 1 saturated carbocycles. The van der Waals surface area contributed by atoms with E-state index in [9.17, 15) is 5.11 Å². The van der Waals surface area contributed by atoms with Crippen molar-refractivity contribution in [3.05, 3.63) is 47.8 Å². The van der Waals surface area contributed by atoms with Crippen LogP contribution in [0.5, 0.6) is 0 Å². The van der Waals surface area contributed by atoms with Crippen molar-refractivity contribution in [2.24, 2.45) is 0 Å². The molecule has 8 heteroatoms. The number of aliphatic hydroxyl groups is 1. The molecule has 5 rings (SSSR count). The Morgan fingerprint density at radius 2 is 1.81 bits per heavy atom. The molecule has 37 heavy (non-hydrogen) atoms. The molecule has 0 bridgehead atoms. The third kappa shape index (κ3) is 6.32. The number of nitrogens with zero attached hydrogens (tertiary/aromatic N) is 5. The number of aliphatic hydroxyl groups excluding tert-OH is 1. The van der Waals surface area contributed by atoms with E-state index in [2.05, 4.69) is 68.9 Å². The molecule has 200 valence electrons.